The number of aryl methyl sites for hydroxylation is 1. The molecule has 0 bridgehead atoms. The number of ketones is 1. The first kappa shape index (κ1) is 16.0. The van der Waals surface area contributed by atoms with Gasteiger partial charge in [-0.05, 0) is 51.1 Å². The Bertz CT molecular complexity index is 526. The number of hydrogen-bond acceptors (Lipinski definition) is 3. The second-order valence-corrected chi connectivity index (χ2v) is 5.78. The highest BCUT2D eigenvalue weighted by Crippen LogP contribution is 2.29. The Morgan fingerprint density at radius 3 is 2.62 bits per heavy atom. The lowest BCUT2D eigenvalue weighted by Crippen LogP contribution is -2.37. The monoisotopic (exact) mass is 292 g/mol. The molecule has 2 rings (SSSR count). The molecule has 1 heterocycles. The number of halogens is 1. The number of Topliss-reactive ketones (excluding diaryl/α,β-unsaturated/α-hetero) is 1. The minimum Gasteiger partial charge on any atom is -0.369 e. The van der Waals surface area contributed by atoms with Gasteiger partial charge in [0, 0.05) is 30.4 Å². The van der Waals surface area contributed by atoms with E-state index >= 15 is 0 Å². The van der Waals surface area contributed by atoms with Crippen molar-refractivity contribution in [2.24, 2.45) is 0 Å². The molecule has 4 heteroatoms. The second-order valence-electron chi connectivity index (χ2n) is 5.78. The van der Waals surface area contributed by atoms with Gasteiger partial charge in [0.15, 0.2) is 5.78 Å². The lowest BCUT2D eigenvalue weighted by Gasteiger charge is -2.27. The molecule has 1 aliphatic heterocycles. The van der Waals surface area contributed by atoms with Crippen LogP contribution in [0.2, 0.25) is 0 Å². The van der Waals surface area contributed by atoms with E-state index in [0.29, 0.717) is 17.2 Å². The van der Waals surface area contributed by atoms with Gasteiger partial charge in [0.05, 0.1) is 0 Å². The third-order valence-corrected chi connectivity index (χ3v) is 4.49. The number of nitrogens with zero attached hydrogens (tertiary/aromatic N) is 2. The van der Waals surface area contributed by atoms with E-state index in [9.17, 15) is 9.18 Å². The van der Waals surface area contributed by atoms with E-state index in [1.807, 2.05) is 6.07 Å². The van der Waals surface area contributed by atoms with Crippen LogP contribution < -0.4 is 4.90 Å². The van der Waals surface area contributed by atoms with E-state index in [4.69, 9.17) is 0 Å². The highest BCUT2D eigenvalue weighted by Gasteiger charge is 2.28. The van der Waals surface area contributed by atoms with Crippen LogP contribution in [0.15, 0.2) is 12.1 Å². The molecule has 1 unspecified atom stereocenters. The molecule has 0 N–H and O–H groups in total. The van der Waals surface area contributed by atoms with Crippen LogP contribution in [-0.4, -0.2) is 42.9 Å². The van der Waals surface area contributed by atoms with Gasteiger partial charge in [-0.3, -0.25) is 9.69 Å². The summed E-state index contributed by atoms with van der Waals surface area (Å²) < 4.78 is 13.7. The van der Waals surface area contributed by atoms with Crippen molar-refractivity contribution in [3.05, 3.63) is 29.1 Å². The average molecular weight is 292 g/mol. The summed E-state index contributed by atoms with van der Waals surface area (Å²) >= 11 is 0. The van der Waals surface area contributed by atoms with Gasteiger partial charge in [-0.15, -0.1) is 0 Å². The molecule has 0 saturated carbocycles. The normalized spacial score (nSPS) is 18.6. The topological polar surface area (TPSA) is 23.6 Å². The van der Waals surface area contributed by atoms with E-state index in [2.05, 4.69) is 23.6 Å². The van der Waals surface area contributed by atoms with Crippen LogP contribution in [0.25, 0.3) is 0 Å². The number of hydrogen-bond donors (Lipinski definition) is 0. The Morgan fingerprint density at radius 1 is 1.38 bits per heavy atom. The third kappa shape index (κ3) is 3.26. The van der Waals surface area contributed by atoms with Crippen molar-refractivity contribution in [2.45, 2.75) is 40.2 Å². The van der Waals surface area contributed by atoms with Gasteiger partial charge in [0.2, 0.25) is 0 Å². The molecular weight excluding hydrogens is 267 g/mol. The number of likely N-dealkylation sites (N-methyl/N-ethyl adjacent to an activating group) is 1. The fourth-order valence-corrected chi connectivity index (χ4v) is 3.21. The molecule has 3 nitrogen and oxygen atoms in total. The van der Waals surface area contributed by atoms with Gasteiger partial charge < -0.3 is 4.90 Å². The van der Waals surface area contributed by atoms with Crippen molar-refractivity contribution < 1.29 is 9.18 Å². The van der Waals surface area contributed by atoms with Crippen molar-refractivity contribution >= 4 is 11.5 Å². The predicted octanol–water partition coefficient (Wildman–Crippen LogP) is 3.26. The van der Waals surface area contributed by atoms with Crippen molar-refractivity contribution in [1.82, 2.24) is 4.90 Å². The molecule has 0 aliphatic carbocycles. The van der Waals surface area contributed by atoms with Gasteiger partial charge in [0.25, 0.3) is 0 Å². The summed E-state index contributed by atoms with van der Waals surface area (Å²) in [6, 6.07) is 3.72. The first-order valence-electron chi connectivity index (χ1n) is 7.78. The van der Waals surface area contributed by atoms with Gasteiger partial charge in [0.1, 0.15) is 5.82 Å². The smallest absolute Gasteiger partial charge is 0.161 e. The maximum absolute atomic E-state index is 13.7. The Kier molecular flexibility index (Phi) is 4.99. The van der Waals surface area contributed by atoms with Crippen LogP contribution in [0.1, 0.15) is 43.1 Å². The minimum absolute atomic E-state index is 0.0739. The van der Waals surface area contributed by atoms with Gasteiger partial charge in [-0.1, -0.05) is 13.8 Å². The molecule has 0 radical (unpaired) electrons. The molecule has 1 fully saturated rings. The number of carbonyl (C=O) groups excluding carboxylic acids is 1. The summed E-state index contributed by atoms with van der Waals surface area (Å²) in [5, 5.41) is 0. The molecule has 21 heavy (non-hydrogen) atoms. The van der Waals surface area contributed by atoms with Crippen molar-refractivity contribution in [1.29, 1.82) is 0 Å². The van der Waals surface area contributed by atoms with Crippen molar-refractivity contribution in [3.8, 4) is 0 Å². The highest BCUT2D eigenvalue weighted by atomic mass is 19.1. The molecular formula is C17H25FN2O. The van der Waals surface area contributed by atoms with Gasteiger partial charge in [-0.2, -0.15) is 0 Å². The maximum Gasteiger partial charge on any atom is 0.161 e. The zero-order valence-electron chi connectivity index (χ0n) is 13.4. The van der Waals surface area contributed by atoms with Gasteiger partial charge >= 0.3 is 0 Å². The number of rotatable bonds is 5. The van der Waals surface area contributed by atoms with Crippen LogP contribution in [0, 0.1) is 12.7 Å². The first-order chi connectivity index (χ1) is 9.97. The molecule has 1 aliphatic rings. The number of anilines is 1. The van der Waals surface area contributed by atoms with E-state index in [1.165, 1.54) is 13.0 Å². The summed E-state index contributed by atoms with van der Waals surface area (Å²) in [6.07, 6.45) is 1.09. The zero-order chi connectivity index (χ0) is 15.6. The number of carbonyl (C=O) groups is 1. The van der Waals surface area contributed by atoms with E-state index in [-0.39, 0.29) is 11.6 Å². The molecule has 1 atom stereocenters. The Labute approximate surface area is 126 Å². The Morgan fingerprint density at radius 2 is 2.05 bits per heavy atom. The van der Waals surface area contributed by atoms with Crippen LogP contribution in [0.3, 0.4) is 0 Å². The molecule has 0 spiro atoms. The minimum atomic E-state index is -0.302. The lowest BCUT2D eigenvalue weighted by atomic mass is 10.0. The number of benzene rings is 1. The summed E-state index contributed by atoms with van der Waals surface area (Å²) in [6.45, 7) is 11.5. The summed E-state index contributed by atoms with van der Waals surface area (Å²) in [7, 11) is 0. The Hall–Kier alpha value is -1.42. The van der Waals surface area contributed by atoms with Crippen LogP contribution in [-0.2, 0) is 0 Å². The quantitative estimate of drug-likeness (QED) is 0.778. The molecule has 0 amide bonds. The molecule has 0 aromatic heterocycles. The van der Waals surface area contributed by atoms with Crippen LogP contribution in [0.5, 0.6) is 0 Å². The zero-order valence-corrected chi connectivity index (χ0v) is 13.4. The summed E-state index contributed by atoms with van der Waals surface area (Å²) in [4.78, 5) is 16.5. The maximum atomic E-state index is 13.7. The summed E-state index contributed by atoms with van der Waals surface area (Å²) in [5.41, 5.74) is 1.98. The lowest BCUT2D eigenvalue weighted by molar-refractivity contribution is 0.101. The van der Waals surface area contributed by atoms with Crippen LogP contribution >= 0.6 is 0 Å². The third-order valence-electron chi connectivity index (χ3n) is 4.49. The van der Waals surface area contributed by atoms with E-state index in [1.54, 1.807) is 6.92 Å². The van der Waals surface area contributed by atoms with E-state index < -0.39 is 0 Å². The van der Waals surface area contributed by atoms with Crippen molar-refractivity contribution in [2.75, 3.05) is 31.1 Å². The largest absolute Gasteiger partial charge is 0.369 e. The first-order valence-corrected chi connectivity index (χ1v) is 7.78. The summed E-state index contributed by atoms with van der Waals surface area (Å²) in [5.74, 6) is -0.376. The molecule has 116 valence electrons. The van der Waals surface area contributed by atoms with Gasteiger partial charge in [-0.25, -0.2) is 4.39 Å². The fraction of sp³-hybridized carbons (Fsp3) is 0.588. The molecule has 1 saturated heterocycles. The SMILES string of the molecule is CCN(CC)C1CCN(c2cc(C)c(F)cc2C(C)=O)C1. The standard InChI is InChI=1S/C17H25FN2O/c1-5-19(6-2)14-7-8-20(11-14)17-9-12(3)16(18)10-15(17)13(4)21/h9-10,14H,5-8,11H2,1-4H3. The fourth-order valence-electron chi connectivity index (χ4n) is 3.21. The molecule has 1 aromatic carbocycles. The molecule has 1 aromatic rings. The van der Waals surface area contributed by atoms with Crippen LogP contribution in [0.4, 0.5) is 10.1 Å². The Balaban J connectivity index is 2.27. The average Bonchev–Trinajstić information content (AvgIpc) is 2.92. The van der Waals surface area contributed by atoms with E-state index in [0.717, 1.165) is 38.3 Å². The highest BCUT2D eigenvalue weighted by molar-refractivity contribution is 6.00. The second kappa shape index (κ2) is 6.56. The predicted molar refractivity (Wildman–Crippen MR) is 84.7 cm³/mol. The van der Waals surface area contributed by atoms with Crippen molar-refractivity contribution in [3.63, 3.8) is 0 Å².